The van der Waals surface area contributed by atoms with Gasteiger partial charge in [0.1, 0.15) is 11.1 Å². The number of likely N-dealkylation sites (tertiary alicyclic amines) is 1. The summed E-state index contributed by atoms with van der Waals surface area (Å²) >= 11 is 0. The zero-order chi connectivity index (χ0) is 14.0. The molecule has 1 saturated heterocycles. The lowest BCUT2D eigenvalue weighted by Crippen LogP contribution is -2.58. The van der Waals surface area contributed by atoms with Gasteiger partial charge in [-0.25, -0.2) is 4.79 Å². The second kappa shape index (κ2) is 5.26. The number of carboxylic acids is 1. The minimum absolute atomic E-state index is 0.238. The number of carbonyl (C=O) groups excluding carboxylic acids is 1. The van der Waals surface area contributed by atoms with Crippen LogP contribution in [0, 0.1) is 0 Å². The summed E-state index contributed by atoms with van der Waals surface area (Å²) in [5.41, 5.74) is -2.01. The summed E-state index contributed by atoms with van der Waals surface area (Å²) in [6.45, 7) is 5.78. The molecule has 0 aromatic carbocycles. The Kier molecular flexibility index (Phi) is 4.37. The molecule has 5 heteroatoms. The highest BCUT2D eigenvalue weighted by Gasteiger charge is 2.51. The van der Waals surface area contributed by atoms with Gasteiger partial charge in [-0.05, 0) is 33.1 Å². The van der Waals surface area contributed by atoms with E-state index in [2.05, 4.69) is 0 Å². The van der Waals surface area contributed by atoms with E-state index in [0.717, 1.165) is 12.8 Å². The van der Waals surface area contributed by atoms with Crippen LogP contribution >= 0.6 is 0 Å². The van der Waals surface area contributed by atoms with Crippen LogP contribution < -0.4 is 0 Å². The molecule has 1 N–H and O–H groups in total. The molecule has 0 bridgehead atoms. The van der Waals surface area contributed by atoms with Crippen LogP contribution in [0.5, 0.6) is 0 Å². The Morgan fingerprint density at radius 2 is 2.06 bits per heavy atom. The molecule has 1 aliphatic rings. The fraction of sp³-hybridized carbons (Fsp3) is 0.846. The molecule has 1 heterocycles. The molecule has 1 atom stereocenters. The molecular weight excluding hydrogens is 234 g/mol. The van der Waals surface area contributed by atoms with Gasteiger partial charge in [0, 0.05) is 13.7 Å². The molecule has 0 aromatic rings. The van der Waals surface area contributed by atoms with Crippen molar-refractivity contribution in [3.8, 4) is 0 Å². The van der Waals surface area contributed by atoms with Gasteiger partial charge in [0.2, 0.25) is 0 Å². The van der Waals surface area contributed by atoms with E-state index in [1.54, 1.807) is 13.8 Å². The van der Waals surface area contributed by atoms with Gasteiger partial charge in [0.05, 0.1) is 0 Å². The quantitative estimate of drug-likeness (QED) is 0.813. The fourth-order valence-electron chi connectivity index (χ4n) is 2.59. The third-order valence-corrected chi connectivity index (χ3v) is 3.82. The number of hydrogen-bond acceptors (Lipinski definition) is 3. The number of nitrogens with zero attached hydrogens (tertiary/aromatic N) is 1. The summed E-state index contributed by atoms with van der Waals surface area (Å²) in [6.07, 6.45) is 2.50. The van der Waals surface area contributed by atoms with Crippen molar-refractivity contribution in [2.75, 3.05) is 13.7 Å². The summed E-state index contributed by atoms with van der Waals surface area (Å²) in [6, 6.07) is 0. The minimum Gasteiger partial charge on any atom is -0.479 e. The molecule has 5 nitrogen and oxygen atoms in total. The maximum atomic E-state index is 12.4. The second-order valence-electron chi connectivity index (χ2n) is 5.36. The molecule has 1 unspecified atom stereocenters. The Morgan fingerprint density at radius 3 is 2.50 bits per heavy atom. The van der Waals surface area contributed by atoms with Crippen LogP contribution in [0.1, 0.15) is 46.5 Å². The zero-order valence-electron chi connectivity index (χ0n) is 11.7. The van der Waals surface area contributed by atoms with Crippen molar-refractivity contribution < 1.29 is 19.4 Å². The first-order valence-corrected chi connectivity index (χ1v) is 6.42. The molecule has 18 heavy (non-hydrogen) atoms. The van der Waals surface area contributed by atoms with Crippen molar-refractivity contribution in [2.24, 2.45) is 0 Å². The molecule has 0 radical (unpaired) electrons. The van der Waals surface area contributed by atoms with E-state index in [1.165, 1.54) is 12.0 Å². The first kappa shape index (κ1) is 15.0. The predicted octanol–water partition coefficient (Wildman–Crippen LogP) is 1.66. The lowest BCUT2D eigenvalue weighted by Gasteiger charge is -2.38. The van der Waals surface area contributed by atoms with Crippen molar-refractivity contribution in [3.63, 3.8) is 0 Å². The van der Waals surface area contributed by atoms with Gasteiger partial charge in [-0.15, -0.1) is 0 Å². The summed E-state index contributed by atoms with van der Waals surface area (Å²) in [5, 5.41) is 9.52. The van der Waals surface area contributed by atoms with Crippen molar-refractivity contribution in [1.82, 2.24) is 4.90 Å². The molecule has 1 rings (SSSR count). The van der Waals surface area contributed by atoms with E-state index in [4.69, 9.17) is 4.74 Å². The van der Waals surface area contributed by atoms with Crippen LogP contribution in [0.2, 0.25) is 0 Å². The van der Waals surface area contributed by atoms with Gasteiger partial charge in [-0.1, -0.05) is 13.3 Å². The number of ether oxygens (including phenoxy) is 1. The Hall–Kier alpha value is -1.10. The Bertz CT molecular complexity index is 340. The van der Waals surface area contributed by atoms with E-state index >= 15 is 0 Å². The lowest BCUT2D eigenvalue weighted by molar-refractivity contribution is -0.166. The first-order chi connectivity index (χ1) is 8.31. The third-order valence-electron chi connectivity index (χ3n) is 3.82. The number of rotatable bonds is 5. The van der Waals surface area contributed by atoms with Crippen LogP contribution in [0.15, 0.2) is 0 Å². The highest BCUT2D eigenvalue weighted by molar-refractivity contribution is 5.91. The van der Waals surface area contributed by atoms with E-state index in [-0.39, 0.29) is 5.91 Å². The summed E-state index contributed by atoms with van der Waals surface area (Å²) in [5.74, 6) is -1.14. The topological polar surface area (TPSA) is 66.8 Å². The average molecular weight is 257 g/mol. The Labute approximate surface area is 108 Å². The van der Waals surface area contributed by atoms with Crippen molar-refractivity contribution in [2.45, 2.75) is 57.6 Å². The third kappa shape index (κ3) is 2.36. The Balaban J connectivity index is 3.06. The molecular formula is C13H23NO4. The number of aliphatic carboxylic acids is 1. The standard InChI is InChI=1S/C13H23NO4/c1-5-7-13(11(16)17)8-6-9-14(13)10(15)12(2,3)18-4/h5-9H2,1-4H3,(H,16,17). The molecule has 1 fully saturated rings. The number of methoxy groups -OCH3 is 1. The van der Waals surface area contributed by atoms with Crippen molar-refractivity contribution in [1.29, 1.82) is 0 Å². The smallest absolute Gasteiger partial charge is 0.329 e. The average Bonchev–Trinajstić information content (AvgIpc) is 2.73. The van der Waals surface area contributed by atoms with Crippen molar-refractivity contribution in [3.05, 3.63) is 0 Å². The van der Waals surface area contributed by atoms with E-state index < -0.39 is 17.1 Å². The molecule has 0 spiro atoms. The molecule has 1 amide bonds. The minimum atomic E-state index is -1.04. The highest BCUT2D eigenvalue weighted by atomic mass is 16.5. The molecule has 104 valence electrons. The van der Waals surface area contributed by atoms with E-state index in [9.17, 15) is 14.7 Å². The van der Waals surface area contributed by atoms with Gasteiger partial charge in [-0.2, -0.15) is 0 Å². The lowest BCUT2D eigenvalue weighted by atomic mass is 9.89. The van der Waals surface area contributed by atoms with Crippen LogP contribution in [-0.2, 0) is 14.3 Å². The van der Waals surface area contributed by atoms with Gasteiger partial charge in [-0.3, -0.25) is 4.79 Å². The highest BCUT2D eigenvalue weighted by Crippen LogP contribution is 2.36. The van der Waals surface area contributed by atoms with Gasteiger partial charge >= 0.3 is 5.97 Å². The van der Waals surface area contributed by atoms with E-state index in [1.807, 2.05) is 6.92 Å². The second-order valence-corrected chi connectivity index (χ2v) is 5.36. The summed E-state index contributed by atoms with van der Waals surface area (Å²) in [4.78, 5) is 25.5. The number of carboxylic acid groups (broad SMARTS) is 1. The zero-order valence-corrected chi connectivity index (χ0v) is 11.7. The molecule has 0 aromatic heterocycles. The van der Waals surface area contributed by atoms with Crippen LogP contribution in [0.3, 0.4) is 0 Å². The van der Waals surface area contributed by atoms with Gasteiger partial charge < -0.3 is 14.7 Å². The van der Waals surface area contributed by atoms with Gasteiger partial charge in [0.15, 0.2) is 0 Å². The number of hydrogen-bond donors (Lipinski definition) is 1. The van der Waals surface area contributed by atoms with Crippen LogP contribution in [0.4, 0.5) is 0 Å². The maximum absolute atomic E-state index is 12.4. The fourth-order valence-corrected chi connectivity index (χ4v) is 2.59. The largest absolute Gasteiger partial charge is 0.479 e. The first-order valence-electron chi connectivity index (χ1n) is 6.42. The molecule has 0 aliphatic carbocycles. The van der Waals surface area contributed by atoms with Gasteiger partial charge in [0.25, 0.3) is 5.91 Å². The van der Waals surface area contributed by atoms with E-state index in [0.29, 0.717) is 19.4 Å². The summed E-state index contributed by atoms with van der Waals surface area (Å²) < 4.78 is 5.18. The predicted molar refractivity (Wildman–Crippen MR) is 67.3 cm³/mol. The maximum Gasteiger partial charge on any atom is 0.329 e. The normalized spacial score (nSPS) is 24.3. The monoisotopic (exact) mass is 257 g/mol. The molecule has 0 saturated carbocycles. The number of carbonyl (C=O) groups is 2. The SMILES string of the molecule is CCCC1(C(=O)O)CCCN1C(=O)C(C)(C)OC. The summed E-state index contributed by atoms with van der Waals surface area (Å²) in [7, 11) is 1.47. The number of amides is 1. The van der Waals surface area contributed by atoms with Crippen LogP contribution in [-0.4, -0.2) is 46.7 Å². The van der Waals surface area contributed by atoms with Crippen LogP contribution in [0.25, 0.3) is 0 Å². The van der Waals surface area contributed by atoms with Crippen molar-refractivity contribution >= 4 is 11.9 Å². The molecule has 1 aliphatic heterocycles. The Morgan fingerprint density at radius 1 is 1.44 bits per heavy atom.